The molecule has 3 amide bonds. The van der Waals surface area contributed by atoms with Crippen molar-refractivity contribution in [1.29, 1.82) is 0 Å². The Hall–Kier alpha value is -3.55. The highest BCUT2D eigenvalue weighted by Gasteiger charge is 2.26. The van der Waals surface area contributed by atoms with Crippen molar-refractivity contribution in [3.05, 3.63) is 81.1 Å². The van der Waals surface area contributed by atoms with Gasteiger partial charge >= 0.3 is 0 Å². The van der Waals surface area contributed by atoms with Crippen LogP contribution >= 0.6 is 23.2 Å². The number of amides is 3. The first-order valence-electron chi connectivity index (χ1n) is 11.0. The Morgan fingerprint density at radius 1 is 1.11 bits per heavy atom. The summed E-state index contributed by atoms with van der Waals surface area (Å²) in [4.78, 5) is 40.7. The van der Waals surface area contributed by atoms with Crippen LogP contribution in [0, 0.1) is 13.8 Å². The van der Waals surface area contributed by atoms with Crippen LogP contribution < -0.4 is 16.0 Å². The first-order valence-corrected chi connectivity index (χ1v) is 11.9. The lowest BCUT2D eigenvalue weighted by atomic mass is 10.0. The van der Waals surface area contributed by atoms with Crippen molar-refractivity contribution in [3.63, 3.8) is 0 Å². The Bertz CT molecular complexity index is 1360. The van der Waals surface area contributed by atoms with E-state index in [-0.39, 0.29) is 29.6 Å². The van der Waals surface area contributed by atoms with E-state index in [0.29, 0.717) is 38.8 Å². The predicted octanol–water partition coefficient (Wildman–Crippen LogP) is 5.45. The molecule has 0 saturated carbocycles. The molecule has 180 valence electrons. The summed E-state index contributed by atoms with van der Waals surface area (Å²) in [5.41, 5.74) is 5.86. The molecule has 9 heteroatoms. The van der Waals surface area contributed by atoms with Crippen LogP contribution in [0.3, 0.4) is 0 Å². The molecular weight excluding hydrogens is 487 g/mol. The van der Waals surface area contributed by atoms with Gasteiger partial charge in [-0.15, -0.1) is 11.6 Å². The normalized spacial score (nSPS) is 14.4. The van der Waals surface area contributed by atoms with Gasteiger partial charge in [-0.1, -0.05) is 23.7 Å². The second kappa shape index (κ2) is 9.98. The van der Waals surface area contributed by atoms with Crippen LogP contribution in [0.1, 0.15) is 51.4 Å². The number of benzene rings is 2. The largest absolute Gasteiger partial charge is 0.357 e. The number of aryl methyl sites for hydroxylation is 1. The number of anilines is 2. The van der Waals surface area contributed by atoms with E-state index in [4.69, 9.17) is 23.2 Å². The van der Waals surface area contributed by atoms with Gasteiger partial charge in [0.2, 0.25) is 5.91 Å². The van der Waals surface area contributed by atoms with E-state index in [9.17, 15) is 14.4 Å². The van der Waals surface area contributed by atoms with Crippen LogP contribution in [-0.4, -0.2) is 28.6 Å². The summed E-state index contributed by atoms with van der Waals surface area (Å²) in [6, 6.07) is 12.2. The Balaban J connectivity index is 1.61. The molecule has 2 aromatic carbocycles. The van der Waals surface area contributed by atoms with Gasteiger partial charge in [0.15, 0.2) is 0 Å². The molecule has 1 aliphatic heterocycles. The zero-order valence-corrected chi connectivity index (χ0v) is 20.9. The van der Waals surface area contributed by atoms with Crippen LogP contribution in [0.15, 0.2) is 42.5 Å². The number of carbonyl (C=O) groups excluding carboxylic acids is 3. The molecule has 2 heterocycles. The molecule has 0 radical (unpaired) electrons. The van der Waals surface area contributed by atoms with Crippen molar-refractivity contribution in [2.45, 2.75) is 26.8 Å². The standard InChI is InChI=1S/C26H24Cl2N4O3/c1-13-22(29-15(3)24(13)32-23(33)12-27)11-20-19-10-17(6-9-21(19)31-26(20)35)25(34)30-14(2)16-4-7-18(28)8-5-16/h4-11,14,29H,12H2,1-3H3,(H,30,34)(H,31,35)(H,32,33)/b20-11-. The first-order chi connectivity index (χ1) is 16.7. The van der Waals surface area contributed by atoms with E-state index in [1.807, 2.05) is 32.9 Å². The fourth-order valence-electron chi connectivity index (χ4n) is 4.01. The molecule has 35 heavy (non-hydrogen) atoms. The van der Waals surface area contributed by atoms with Crippen molar-refractivity contribution >= 4 is 63.9 Å². The van der Waals surface area contributed by atoms with Crippen molar-refractivity contribution < 1.29 is 14.4 Å². The molecule has 1 unspecified atom stereocenters. The molecule has 0 saturated heterocycles. The Kier molecular flexibility index (Phi) is 7.00. The number of alkyl halides is 1. The molecule has 1 aromatic heterocycles. The molecular formula is C26H24Cl2N4O3. The van der Waals surface area contributed by atoms with E-state index in [1.165, 1.54) is 0 Å². The number of carbonyl (C=O) groups is 3. The minimum Gasteiger partial charge on any atom is -0.357 e. The Morgan fingerprint density at radius 2 is 1.83 bits per heavy atom. The molecule has 1 atom stereocenters. The van der Waals surface area contributed by atoms with E-state index >= 15 is 0 Å². The maximum atomic E-state index is 13.0. The van der Waals surface area contributed by atoms with Gasteiger partial charge in [0, 0.05) is 33.2 Å². The minimum atomic E-state index is -0.316. The van der Waals surface area contributed by atoms with Crippen LogP contribution in [0.5, 0.6) is 0 Å². The highest BCUT2D eigenvalue weighted by Crippen LogP contribution is 2.35. The Morgan fingerprint density at radius 3 is 2.51 bits per heavy atom. The van der Waals surface area contributed by atoms with Gasteiger partial charge in [-0.05, 0) is 68.3 Å². The summed E-state index contributed by atoms with van der Waals surface area (Å²) in [6.45, 7) is 5.56. The third-order valence-corrected chi connectivity index (χ3v) is 6.43. The van der Waals surface area contributed by atoms with Gasteiger partial charge < -0.3 is 20.9 Å². The molecule has 4 rings (SSSR count). The summed E-state index contributed by atoms with van der Waals surface area (Å²) >= 11 is 11.6. The lowest BCUT2D eigenvalue weighted by molar-refractivity contribution is -0.114. The molecule has 0 bridgehead atoms. The van der Waals surface area contributed by atoms with Gasteiger partial charge in [-0.25, -0.2) is 0 Å². The van der Waals surface area contributed by atoms with Gasteiger partial charge in [0.05, 0.1) is 17.3 Å². The summed E-state index contributed by atoms with van der Waals surface area (Å²) in [5.74, 6) is -1.00. The molecule has 3 aromatic rings. The van der Waals surface area contributed by atoms with E-state index in [1.54, 1.807) is 36.4 Å². The van der Waals surface area contributed by atoms with Crippen molar-refractivity contribution in [3.8, 4) is 0 Å². The summed E-state index contributed by atoms with van der Waals surface area (Å²) < 4.78 is 0. The molecule has 0 fully saturated rings. The predicted molar refractivity (Wildman–Crippen MR) is 140 cm³/mol. The smallest absolute Gasteiger partial charge is 0.256 e. The van der Waals surface area contributed by atoms with Crippen LogP contribution in [0.4, 0.5) is 11.4 Å². The summed E-state index contributed by atoms with van der Waals surface area (Å²) in [7, 11) is 0. The number of hydrogen-bond acceptors (Lipinski definition) is 3. The van der Waals surface area contributed by atoms with E-state index in [0.717, 1.165) is 16.8 Å². The molecule has 4 N–H and O–H groups in total. The van der Waals surface area contributed by atoms with Gasteiger partial charge in [0.25, 0.3) is 11.8 Å². The van der Waals surface area contributed by atoms with Gasteiger partial charge in [-0.2, -0.15) is 0 Å². The topological polar surface area (TPSA) is 103 Å². The van der Waals surface area contributed by atoms with Gasteiger partial charge in [-0.3, -0.25) is 14.4 Å². The third kappa shape index (κ3) is 5.11. The van der Waals surface area contributed by atoms with Crippen molar-refractivity contribution in [2.75, 3.05) is 16.5 Å². The molecule has 0 spiro atoms. The van der Waals surface area contributed by atoms with E-state index in [2.05, 4.69) is 20.9 Å². The molecule has 7 nitrogen and oxygen atoms in total. The van der Waals surface area contributed by atoms with Gasteiger partial charge in [0.1, 0.15) is 5.88 Å². The maximum Gasteiger partial charge on any atom is 0.256 e. The Labute approximate surface area is 212 Å². The van der Waals surface area contributed by atoms with E-state index < -0.39 is 0 Å². The maximum absolute atomic E-state index is 13.0. The molecule has 0 aliphatic carbocycles. The molecule has 1 aliphatic rings. The van der Waals surface area contributed by atoms with Crippen LogP contribution in [-0.2, 0) is 9.59 Å². The second-order valence-corrected chi connectivity index (χ2v) is 9.07. The number of aromatic nitrogens is 1. The zero-order chi connectivity index (χ0) is 25.3. The lowest BCUT2D eigenvalue weighted by Crippen LogP contribution is -2.26. The summed E-state index contributed by atoms with van der Waals surface area (Å²) in [6.07, 6.45) is 1.72. The fraction of sp³-hybridized carbons (Fsp3) is 0.192. The number of fused-ring (bicyclic) bond motifs is 1. The number of rotatable bonds is 6. The number of halogens is 2. The first kappa shape index (κ1) is 24.6. The number of aromatic amines is 1. The average Bonchev–Trinajstić information content (AvgIpc) is 3.29. The second-order valence-electron chi connectivity index (χ2n) is 8.36. The third-order valence-electron chi connectivity index (χ3n) is 5.93. The lowest BCUT2D eigenvalue weighted by Gasteiger charge is -2.15. The van der Waals surface area contributed by atoms with Crippen LogP contribution in [0.2, 0.25) is 5.02 Å². The number of nitrogens with one attached hydrogen (secondary N) is 4. The number of hydrogen-bond donors (Lipinski definition) is 4. The average molecular weight is 511 g/mol. The van der Waals surface area contributed by atoms with Crippen LogP contribution in [0.25, 0.3) is 11.6 Å². The summed E-state index contributed by atoms with van der Waals surface area (Å²) in [5, 5.41) is 9.21. The van der Waals surface area contributed by atoms with Crippen molar-refractivity contribution in [2.24, 2.45) is 0 Å². The highest BCUT2D eigenvalue weighted by atomic mass is 35.5. The zero-order valence-electron chi connectivity index (χ0n) is 19.4. The SMILES string of the molecule is Cc1[nH]c(/C=C2\C(=O)Nc3ccc(C(=O)NC(C)c4ccc(Cl)cc4)cc32)c(C)c1NC(=O)CCl. The number of H-pyrrole nitrogens is 1. The van der Waals surface area contributed by atoms with Crippen molar-refractivity contribution in [1.82, 2.24) is 10.3 Å². The highest BCUT2D eigenvalue weighted by molar-refractivity contribution is 6.35. The quantitative estimate of drug-likeness (QED) is 0.262. The monoisotopic (exact) mass is 510 g/mol. The fourth-order valence-corrected chi connectivity index (χ4v) is 4.20. The minimum absolute atomic E-state index is 0.155.